The summed E-state index contributed by atoms with van der Waals surface area (Å²) in [6.45, 7) is 3.36. The zero-order valence-corrected chi connectivity index (χ0v) is 11.4. The van der Waals surface area contributed by atoms with Crippen LogP contribution in [0.15, 0.2) is 18.2 Å². The number of rotatable bonds is 7. The first-order valence-corrected chi connectivity index (χ1v) is 6.33. The number of nitrogens with zero attached hydrogens (tertiary/aromatic N) is 1. The van der Waals surface area contributed by atoms with E-state index in [1.54, 1.807) is 13.2 Å². The van der Waals surface area contributed by atoms with Crippen LogP contribution < -0.4 is 10.6 Å². The SMILES string of the molecule is CCC(N)Cc1c(F)cccc1N(C)CCOC. The molecule has 1 rings (SSSR count). The molecule has 102 valence electrons. The number of hydrogen-bond acceptors (Lipinski definition) is 3. The average Bonchev–Trinajstić information content (AvgIpc) is 2.38. The van der Waals surface area contributed by atoms with Gasteiger partial charge in [0.15, 0.2) is 0 Å². The van der Waals surface area contributed by atoms with Gasteiger partial charge in [-0.3, -0.25) is 0 Å². The lowest BCUT2D eigenvalue weighted by Gasteiger charge is -2.23. The molecule has 4 heteroatoms. The lowest BCUT2D eigenvalue weighted by Crippen LogP contribution is -2.27. The average molecular weight is 254 g/mol. The number of nitrogens with two attached hydrogens (primary N) is 1. The van der Waals surface area contributed by atoms with E-state index in [0.717, 1.165) is 18.7 Å². The fraction of sp³-hybridized carbons (Fsp3) is 0.571. The van der Waals surface area contributed by atoms with Crippen LogP contribution in [0.25, 0.3) is 0 Å². The molecule has 2 N–H and O–H groups in total. The predicted molar refractivity (Wildman–Crippen MR) is 73.5 cm³/mol. The van der Waals surface area contributed by atoms with Crippen molar-refractivity contribution in [2.75, 3.05) is 32.2 Å². The summed E-state index contributed by atoms with van der Waals surface area (Å²) in [6.07, 6.45) is 1.41. The van der Waals surface area contributed by atoms with E-state index < -0.39 is 0 Å². The fourth-order valence-corrected chi connectivity index (χ4v) is 1.86. The van der Waals surface area contributed by atoms with Crippen molar-refractivity contribution in [1.29, 1.82) is 0 Å². The van der Waals surface area contributed by atoms with E-state index >= 15 is 0 Å². The topological polar surface area (TPSA) is 38.5 Å². The summed E-state index contributed by atoms with van der Waals surface area (Å²) in [6, 6.07) is 5.15. The van der Waals surface area contributed by atoms with Gasteiger partial charge in [0.1, 0.15) is 5.82 Å². The molecule has 0 spiro atoms. The molecule has 0 saturated carbocycles. The lowest BCUT2D eigenvalue weighted by molar-refractivity contribution is 0.206. The number of anilines is 1. The van der Waals surface area contributed by atoms with Crippen LogP contribution in [0.5, 0.6) is 0 Å². The minimum atomic E-state index is -0.180. The van der Waals surface area contributed by atoms with E-state index in [1.165, 1.54) is 6.07 Å². The second kappa shape index (κ2) is 7.34. The normalized spacial score (nSPS) is 12.5. The van der Waals surface area contributed by atoms with Gasteiger partial charge in [-0.15, -0.1) is 0 Å². The van der Waals surface area contributed by atoms with E-state index in [-0.39, 0.29) is 11.9 Å². The van der Waals surface area contributed by atoms with Crippen molar-refractivity contribution in [3.05, 3.63) is 29.6 Å². The number of methoxy groups -OCH3 is 1. The van der Waals surface area contributed by atoms with Crippen LogP contribution in [0.4, 0.5) is 10.1 Å². The first-order chi connectivity index (χ1) is 8.60. The van der Waals surface area contributed by atoms with Gasteiger partial charge in [-0.05, 0) is 25.0 Å². The first kappa shape index (κ1) is 14.9. The summed E-state index contributed by atoms with van der Waals surface area (Å²) in [4.78, 5) is 2.00. The van der Waals surface area contributed by atoms with Gasteiger partial charge in [-0.1, -0.05) is 13.0 Å². The van der Waals surface area contributed by atoms with E-state index in [1.807, 2.05) is 24.9 Å². The van der Waals surface area contributed by atoms with E-state index in [2.05, 4.69) is 0 Å². The zero-order valence-electron chi connectivity index (χ0n) is 11.4. The molecule has 0 bridgehead atoms. The Morgan fingerprint density at radius 2 is 2.17 bits per heavy atom. The second-order valence-corrected chi connectivity index (χ2v) is 4.52. The molecule has 0 aliphatic carbocycles. The highest BCUT2D eigenvalue weighted by molar-refractivity contribution is 5.54. The molecule has 0 aromatic heterocycles. The minimum absolute atomic E-state index is 0.00326. The Kier molecular flexibility index (Phi) is 6.09. The molecule has 0 saturated heterocycles. The van der Waals surface area contributed by atoms with Crippen LogP contribution in [0.2, 0.25) is 0 Å². The van der Waals surface area contributed by atoms with Crippen LogP contribution in [0.1, 0.15) is 18.9 Å². The highest BCUT2D eigenvalue weighted by Crippen LogP contribution is 2.23. The largest absolute Gasteiger partial charge is 0.383 e. The molecule has 0 aliphatic rings. The summed E-state index contributed by atoms with van der Waals surface area (Å²) < 4.78 is 19.0. The third-order valence-electron chi connectivity index (χ3n) is 3.13. The van der Waals surface area contributed by atoms with Gasteiger partial charge in [0, 0.05) is 38.0 Å². The van der Waals surface area contributed by atoms with E-state index in [9.17, 15) is 4.39 Å². The molecule has 0 heterocycles. The number of ether oxygens (including phenoxy) is 1. The maximum atomic E-state index is 13.9. The molecule has 1 unspecified atom stereocenters. The van der Waals surface area contributed by atoms with E-state index in [4.69, 9.17) is 10.5 Å². The molecule has 0 amide bonds. The monoisotopic (exact) mass is 254 g/mol. The van der Waals surface area contributed by atoms with Gasteiger partial charge in [0.25, 0.3) is 0 Å². The summed E-state index contributed by atoms with van der Waals surface area (Å²) in [5.41, 5.74) is 7.53. The fourth-order valence-electron chi connectivity index (χ4n) is 1.86. The first-order valence-electron chi connectivity index (χ1n) is 6.33. The number of benzene rings is 1. The Labute approximate surface area is 109 Å². The summed E-state index contributed by atoms with van der Waals surface area (Å²) in [5, 5.41) is 0. The number of halogens is 1. The Hall–Kier alpha value is -1.13. The Morgan fingerprint density at radius 1 is 1.44 bits per heavy atom. The van der Waals surface area contributed by atoms with Gasteiger partial charge in [0.05, 0.1) is 6.61 Å². The highest BCUT2D eigenvalue weighted by atomic mass is 19.1. The molecule has 0 radical (unpaired) electrons. The molecule has 1 aromatic carbocycles. The van der Waals surface area contributed by atoms with Crippen LogP contribution in [0.3, 0.4) is 0 Å². The second-order valence-electron chi connectivity index (χ2n) is 4.52. The number of likely N-dealkylation sites (N-methyl/N-ethyl adjacent to an activating group) is 1. The van der Waals surface area contributed by atoms with Gasteiger partial charge in [-0.2, -0.15) is 0 Å². The quantitative estimate of drug-likeness (QED) is 0.810. The van der Waals surface area contributed by atoms with Crippen LogP contribution >= 0.6 is 0 Å². The maximum Gasteiger partial charge on any atom is 0.128 e. The summed E-state index contributed by atoms with van der Waals surface area (Å²) in [7, 11) is 3.60. The predicted octanol–water partition coefficient (Wildman–Crippen LogP) is 2.19. The molecule has 1 atom stereocenters. The Bertz CT molecular complexity index is 371. The standard InChI is InChI=1S/C14H23FN2O/c1-4-11(16)10-12-13(15)6-5-7-14(12)17(2)8-9-18-3/h5-7,11H,4,8-10,16H2,1-3H3. The van der Waals surface area contributed by atoms with Gasteiger partial charge >= 0.3 is 0 Å². The van der Waals surface area contributed by atoms with Crippen molar-refractivity contribution in [1.82, 2.24) is 0 Å². The molecule has 18 heavy (non-hydrogen) atoms. The molecule has 1 aromatic rings. The summed E-state index contributed by atoms with van der Waals surface area (Å²) in [5.74, 6) is -0.180. The summed E-state index contributed by atoms with van der Waals surface area (Å²) >= 11 is 0. The van der Waals surface area contributed by atoms with Crippen molar-refractivity contribution < 1.29 is 9.13 Å². The third kappa shape index (κ3) is 3.96. The van der Waals surface area contributed by atoms with Crippen LogP contribution in [-0.4, -0.2) is 33.4 Å². The van der Waals surface area contributed by atoms with Crippen molar-refractivity contribution in [2.24, 2.45) is 5.73 Å². The molecular weight excluding hydrogens is 231 g/mol. The maximum absolute atomic E-state index is 13.9. The van der Waals surface area contributed by atoms with Crippen molar-refractivity contribution in [2.45, 2.75) is 25.8 Å². The number of hydrogen-bond donors (Lipinski definition) is 1. The minimum Gasteiger partial charge on any atom is -0.383 e. The van der Waals surface area contributed by atoms with E-state index in [0.29, 0.717) is 18.6 Å². The van der Waals surface area contributed by atoms with Gasteiger partial charge < -0.3 is 15.4 Å². The van der Waals surface area contributed by atoms with Crippen molar-refractivity contribution in [3.8, 4) is 0 Å². The molecule has 0 aliphatic heterocycles. The van der Waals surface area contributed by atoms with Crippen LogP contribution in [0, 0.1) is 5.82 Å². The molecular formula is C14H23FN2O. The zero-order chi connectivity index (χ0) is 13.5. The molecule has 3 nitrogen and oxygen atoms in total. The van der Waals surface area contributed by atoms with Crippen LogP contribution in [-0.2, 0) is 11.2 Å². The third-order valence-corrected chi connectivity index (χ3v) is 3.13. The van der Waals surface area contributed by atoms with Crippen molar-refractivity contribution in [3.63, 3.8) is 0 Å². The smallest absolute Gasteiger partial charge is 0.128 e. The Balaban J connectivity index is 2.92. The van der Waals surface area contributed by atoms with Gasteiger partial charge in [-0.25, -0.2) is 4.39 Å². The lowest BCUT2D eigenvalue weighted by atomic mass is 10.0. The van der Waals surface area contributed by atoms with Gasteiger partial charge in [0.2, 0.25) is 0 Å². The highest BCUT2D eigenvalue weighted by Gasteiger charge is 2.14. The Morgan fingerprint density at radius 3 is 2.78 bits per heavy atom. The van der Waals surface area contributed by atoms with Crippen molar-refractivity contribution >= 4 is 5.69 Å². The molecule has 0 fully saturated rings.